The van der Waals surface area contributed by atoms with Crippen LogP contribution < -0.4 is 17.0 Å². The number of quaternary nitrogens is 1. The Kier molecular flexibility index (Phi) is 36.9. The molecule has 0 aromatic rings. The van der Waals surface area contributed by atoms with Crippen LogP contribution in [0.5, 0.6) is 0 Å². The molecule has 0 heterocycles. The fourth-order valence-corrected chi connectivity index (χ4v) is 6.30. The van der Waals surface area contributed by atoms with Crippen molar-refractivity contribution in [3.05, 3.63) is 24.3 Å². The second-order valence-corrected chi connectivity index (χ2v) is 14.9. The average Bonchev–Trinajstić information content (AvgIpc) is 3.06. The fraction of sp³-hybridized carbons (Fsp3) is 0.860. The number of likely N-dealkylation sites (N-methyl/N-ethyl adjacent to an activating group) is 1. The molecule has 7 heteroatoms. The lowest BCUT2D eigenvalue weighted by atomic mass is 10.1. The molecule has 50 heavy (non-hydrogen) atoms. The summed E-state index contributed by atoms with van der Waals surface area (Å²) in [5, 5.41) is 11.0. The standard InChI is InChI=1S/C43H82NO5.BrH/c1-6-9-11-13-15-17-19-21-23-25-27-29-31-33-35-37-41(45)48-40-43(39-8-3,44(4,5)47)49-42(46)38-36-34-32-30-28-26-24-22-20-18-16-14-12-10-7-2;/h21-24,47H,6-20,25-40H2,1-5H3;1H/q+1;/p-1/b23-21-,24-22-;. The molecule has 296 valence electrons. The number of carbonyl (C=O) groups is 2. The van der Waals surface area contributed by atoms with E-state index in [1.165, 1.54) is 116 Å². The van der Waals surface area contributed by atoms with Gasteiger partial charge in [-0.2, -0.15) is 0 Å². The summed E-state index contributed by atoms with van der Waals surface area (Å²) in [6, 6.07) is 0. The molecule has 0 rings (SSSR count). The number of hydrogen-bond acceptors (Lipinski definition) is 5. The van der Waals surface area contributed by atoms with Crippen LogP contribution in [0.3, 0.4) is 0 Å². The fourth-order valence-electron chi connectivity index (χ4n) is 6.30. The van der Waals surface area contributed by atoms with E-state index in [-0.39, 0.29) is 35.5 Å². The first-order valence-corrected chi connectivity index (χ1v) is 21.0. The Morgan fingerprint density at radius 1 is 0.520 bits per heavy atom. The number of rotatable bonds is 36. The van der Waals surface area contributed by atoms with Gasteiger partial charge in [-0.05, 0) is 70.6 Å². The van der Waals surface area contributed by atoms with Gasteiger partial charge in [-0.1, -0.05) is 148 Å². The second-order valence-electron chi connectivity index (χ2n) is 14.9. The summed E-state index contributed by atoms with van der Waals surface area (Å²) in [5.74, 6) is -0.625. The van der Waals surface area contributed by atoms with E-state index < -0.39 is 10.4 Å². The zero-order chi connectivity index (χ0) is 36.3. The molecule has 0 fully saturated rings. The van der Waals surface area contributed by atoms with Crippen LogP contribution in [-0.2, 0) is 19.1 Å². The SMILES string of the molecule is CCCCCCCC/C=C\CCCCCCCC(=O)OCC(CCC)(OC(=O)CCCCCCC/C=C\CCCCCCCC)[N+](C)(C)O.[Br-]. The third kappa shape index (κ3) is 30.4. The van der Waals surface area contributed by atoms with Gasteiger partial charge in [0, 0.05) is 19.3 Å². The number of nitrogens with zero attached hydrogens (tertiary/aromatic N) is 1. The molecule has 0 aliphatic rings. The number of carbonyl (C=O) groups excluding carboxylic acids is 2. The van der Waals surface area contributed by atoms with Crippen LogP contribution in [0.25, 0.3) is 0 Å². The zero-order valence-corrected chi connectivity index (χ0v) is 35.2. The predicted molar refractivity (Wildman–Crippen MR) is 207 cm³/mol. The Morgan fingerprint density at radius 2 is 0.860 bits per heavy atom. The minimum Gasteiger partial charge on any atom is -1.00 e. The number of halogens is 1. The van der Waals surface area contributed by atoms with Gasteiger partial charge in [0.15, 0.2) is 6.61 Å². The molecule has 0 saturated carbocycles. The Morgan fingerprint density at radius 3 is 1.22 bits per heavy atom. The highest BCUT2D eigenvalue weighted by molar-refractivity contribution is 5.70. The normalized spacial score (nSPS) is 13.1. The molecule has 0 aromatic heterocycles. The zero-order valence-electron chi connectivity index (χ0n) is 33.6. The highest BCUT2D eigenvalue weighted by Gasteiger charge is 2.50. The summed E-state index contributed by atoms with van der Waals surface area (Å²) in [5.41, 5.74) is -1.30. The number of allylic oxidation sites excluding steroid dienone is 4. The molecule has 1 atom stereocenters. The summed E-state index contributed by atoms with van der Waals surface area (Å²) in [6.45, 7) is 6.37. The van der Waals surface area contributed by atoms with Crippen molar-refractivity contribution in [3.8, 4) is 0 Å². The topological polar surface area (TPSA) is 72.8 Å². The van der Waals surface area contributed by atoms with E-state index in [0.29, 0.717) is 25.7 Å². The first-order chi connectivity index (χ1) is 23.7. The molecule has 0 amide bonds. The third-order valence-corrected chi connectivity index (χ3v) is 9.69. The van der Waals surface area contributed by atoms with Crippen LogP contribution in [0, 0.1) is 0 Å². The maximum atomic E-state index is 12.9. The number of esters is 2. The van der Waals surface area contributed by atoms with Crippen molar-refractivity contribution >= 4 is 11.9 Å². The maximum absolute atomic E-state index is 12.9. The van der Waals surface area contributed by atoms with Gasteiger partial charge in [0.2, 0.25) is 0 Å². The molecule has 0 saturated heterocycles. The Balaban J connectivity index is 0. The molecule has 1 N–H and O–H groups in total. The molecule has 1 unspecified atom stereocenters. The van der Waals surface area contributed by atoms with E-state index in [1.54, 1.807) is 14.1 Å². The van der Waals surface area contributed by atoms with Crippen molar-refractivity contribution in [1.82, 2.24) is 0 Å². The van der Waals surface area contributed by atoms with Crippen molar-refractivity contribution < 1.29 is 45.9 Å². The molecule has 0 aromatic carbocycles. The van der Waals surface area contributed by atoms with Gasteiger partial charge < -0.3 is 26.5 Å². The minimum atomic E-state index is -1.30. The Labute approximate surface area is 320 Å². The molecule has 0 aliphatic carbocycles. The van der Waals surface area contributed by atoms with Crippen molar-refractivity contribution in [2.75, 3.05) is 20.7 Å². The Bertz CT molecular complexity index is 825. The maximum Gasteiger partial charge on any atom is 0.310 e. The monoisotopic (exact) mass is 772 g/mol. The first-order valence-electron chi connectivity index (χ1n) is 21.0. The molecule has 0 radical (unpaired) electrons. The van der Waals surface area contributed by atoms with E-state index in [2.05, 4.69) is 38.2 Å². The highest BCUT2D eigenvalue weighted by Crippen LogP contribution is 2.28. The van der Waals surface area contributed by atoms with Gasteiger partial charge in [0.05, 0.1) is 0 Å². The summed E-state index contributed by atoms with van der Waals surface area (Å²) in [7, 11) is 3.17. The lowest BCUT2D eigenvalue weighted by molar-refractivity contribution is -1.13. The van der Waals surface area contributed by atoms with E-state index in [9.17, 15) is 14.8 Å². The second kappa shape index (κ2) is 36.2. The van der Waals surface area contributed by atoms with Crippen molar-refractivity contribution in [2.45, 2.75) is 219 Å². The van der Waals surface area contributed by atoms with Crippen LogP contribution in [0.4, 0.5) is 0 Å². The van der Waals surface area contributed by atoms with Crippen LogP contribution in [0.2, 0.25) is 0 Å². The van der Waals surface area contributed by atoms with Gasteiger partial charge in [-0.15, -0.1) is 4.65 Å². The molecular weight excluding hydrogens is 690 g/mol. The van der Waals surface area contributed by atoms with E-state index in [0.717, 1.165) is 51.4 Å². The van der Waals surface area contributed by atoms with Crippen LogP contribution in [-0.4, -0.2) is 48.2 Å². The summed E-state index contributed by atoms with van der Waals surface area (Å²) in [6.07, 6.45) is 42.5. The first kappa shape index (κ1) is 50.9. The number of hydrogen-bond donors (Lipinski definition) is 1. The van der Waals surface area contributed by atoms with E-state index >= 15 is 0 Å². The summed E-state index contributed by atoms with van der Waals surface area (Å²) < 4.78 is 11.0. The summed E-state index contributed by atoms with van der Waals surface area (Å²) in [4.78, 5) is 25.5. The molecule has 6 nitrogen and oxygen atoms in total. The molecule has 0 aliphatic heterocycles. The van der Waals surface area contributed by atoms with Gasteiger partial charge in [-0.25, -0.2) is 5.21 Å². The van der Waals surface area contributed by atoms with E-state index in [1.807, 2.05) is 6.92 Å². The molecule has 0 spiro atoms. The number of ether oxygens (including phenoxy) is 2. The predicted octanol–water partition coefficient (Wildman–Crippen LogP) is 10.1. The Hall–Kier alpha value is -1.18. The van der Waals surface area contributed by atoms with Gasteiger partial charge in [0.1, 0.15) is 14.1 Å². The number of unbranched alkanes of at least 4 members (excludes halogenated alkanes) is 22. The van der Waals surface area contributed by atoms with Crippen LogP contribution in [0.15, 0.2) is 24.3 Å². The molecular formula is C43H82BrNO5. The lowest BCUT2D eigenvalue weighted by Crippen LogP contribution is -3.00. The third-order valence-electron chi connectivity index (χ3n) is 9.69. The minimum absolute atomic E-state index is 0. The van der Waals surface area contributed by atoms with Gasteiger partial charge in [-0.3, -0.25) is 9.59 Å². The molecule has 0 bridgehead atoms. The average molecular weight is 773 g/mol. The highest BCUT2D eigenvalue weighted by atomic mass is 79.9. The van der Waals surface area contributed by atoms with Gasteiger partial charge in [0.25, 0.3) is 0 Å². The summed E-state index contributed by atoms with van der Waals surface area (Å²) >= 11 is 0. The van der Waals surface area contributed by atoms with Crippen LogP contribution in [0.1, 0.15) is 213 Å². The largest absolute Gasteiger partial charge is 1.00 e. The van der Waals surface area contributed by atoms with E-state index in [4.69, 9.17) is 9.47 Å². The van der Waals surface area contributed by atoms with Crippen molar-refractivity contribution in [2.24, 2.45) is 0 Å². The van der Waals surface area contributed by atoms with Gasteiger partial charge >= 0.3 is 17.7 Å². The van der Waals surface area contributed by atoms with Crippen molar-refractivity contribution in [1.29, 1.82) is 0 Å². The van der Waals surface area contributed by atoms with Crippen molar-refractivity contribution in [3.63, 3.8) is 0 Å². The lowest BCUT2D eigenvalue weighted by Gasteiger charge is -2.40. The number of hydroxylamine groups is 3. The smallest absolute Gasteiger partial charge is 0.310 e. The quantitative estimate of drug-likeness (QED) is 0.0172. The van der Waals surface area contributed by atoms with Crippen LogP contribution >= 0.6 is 0 Å².